The Balaban J connectivity index is 2.67. The maximum atomic E-state index is 13.5. The fourth-order valence-corrected chi connectivity index (χ4v) is 1.43. The average molecular weight is 300 g/mol. The van der Waals surface area contributed by atoms with Gasteiger partial charge < -0.3 is 15.8 Å². The van der Waals surface area contributed by atoms with Crippen molar-refractivity contribution in [1.82, 2.24) is 5.32 Å². The molecule has 0 radical (unpaired) electrons. The first-order valence-electron chi connectivity index (χ1n) is 6.39. The van der Waals surface area contributed by atoms with E-state index in [4.69, 9.17) is 5.73 Å². The van der Waals surface area contributed by atoms with Crippen LogP contribution in [-0.4, -0.2) is 24.0 Å². The van der Waals surface area contributed by atoms with Crippen LogP contribution in [-0.2, 0) is 9.53 Å². The molecular weight excluding hydrogens is 282 g/mol. The van der Waals surface area contributed by atoms with Gasteiger partial charge in [-0.25, -0.2) is 13.6 Å². The molecule has 1 rings (SSSR count). The topological polar surface area (TPSA) is 81.4 Å². The summed E-state index contributed by atoms with van der Waals surface area (Å²) in [4.78, 5) is 23.2. The van der Waals surface area contributed by atoms with Crippen LogP contribution in [0.3, 0.4) is 0 Å². The van der Waals surface area contributed by atoms with Gasteiger partial charge in [0.15, 0.2) is 6.61 Å². The molecule has 1 amide bonds. The number of anilines is 1. The van der Waals surface area contributed by atoms with Crippen LogP contribution in [0.1, 0.15) is 37.6 Å². The van der Waals surface area contributed by atoms with Gasteiger partial charge in [0.05, 0.1) is 11.3 Å². The zero-order valence-corrected chi connectivity index (χ0v) is 12.1. The minimum atomic E-state index is -1.13. The van der Waals surface area contributed by atoms with Crippen LogP contribution in [0.25, 0.3) is 0 Å². The lowest BCUT2D eigenvalue weighted by atomic mass is 10.0. The minimum Gasteiger partial charge on any atom is -0.452 e. The van der Waals surface area contributed by atoms with E-state index in [9.17, 15) is 18.4 Å². The Hall–Kier alpha value is -2.18. The smallest absolute Gasteiger partial charge is 0.341 e. The number of esters is 1. The van der Waals surface area contributed by atoms with Gasteiger partial charge >= 0.3 is 5.97 Å². The maximum Gasteiger partial charge on any atom is 0.341 e. The third-order valence-electron chi connectivity index (χ3n) is 3.00. The average Bonchev–Trinajstić information content (AvgIpc) is 2.39. The molecule has 1 aromatic rings. The number of rotatable bonds is 5. The molecular formula is C14H18F2N2O3. The van der Waals surface area contributed by atoms with E-state index in [2.05, 4.69) is 10.1 Å². The molecule has 5 nitrogen and oxygen atoms in total. The molecule has 0 heterocycles. The summed E-state index contributed by atoms with van der Waals surface area (Å²) in [5.74, 6) is -3.59. The fourth-order valence-electron chi connectivity index (χ4n) is 1.43. The quantitative estimate of drug-likeness (QED) is 0.644. The number of amides is 1. The molecule has 0 aliphatic rings. The van der Waals surface area contributed by atoms with Gasteiger partial charge in [0.1, 0.15) is 11.6 Å². The van der Waals surface area contributed by atoms with Crippen LogP contribution in [0.5, 0.6) is 0 Å². The van der Waals surface area contributed by atoms with Crippen molar-refractivity contribution in [1.29, 1.82) is 0 Å². The number of halogens is 2. The summed E-state index contributed by atoms with van der Waals surface area (Å²) in [6.07, 6.45) is 0.685. The molecule has 116 valence electrons. The number of ether oxygens (including phenoxy) is 1. The lowest BCUT2D eigenvalue weighted by Crippen LogP contribution is -2.44. The Morgan fingerprint density at radius 1 is 1.29 bits per heavy atom. The predicted molar refractivity (Wildman–Crippen MR) is 73.6 cm³/mol. The predicted octanol–water partition coefficient (Wildman–Crippen LogP) is 2.01. The summed E-state index contributed by atoms with van der Waals surface area (Å²) in [5, 5.41) is 2.64. The van der Waals surface area contributed by atoms with Crippen molar-refractivity contribution < 1.29 is 23.1 Å². The van der Waals surface area contributed by atoms with E-state index in [1.165, 1.54) is 0 Å². The lowest BCUT2D eigenvalue weighted by molar-refractivity contribution is -0.125. The van der Waals surface area contributed by atoms with Crippen molar-refractivity contribution in [2.75, 3.05) is 12.3 Å². The molecule has 0 spiro atoms. The third kappa shape index (κ3) is 4.70. The Bertz CT molecular complexity index is 559. The number of benzene rings is 1. The van der Waals surface area contributed by atoms with E-state index < -0.39 is 46.9 Å². The molecule has 0 atom stereocenters. The molecule has 0 aliphatic heterocycles. The van der Waals surface area contributed by atoms with Crippen molar-refractivity contribution in [3.05, 3.63) is 29.3 Å². The molecule has 1 aromatic carbocycles. The van der Waals surface area contributed by atoms with Gasteiger partial charge in [0, 0.05) is 11.6 Å². The number of nitrogens with one attached hydrogen (secondary N) is 1. The van der Waals surface area contributed by atoms with Crippen molar-refractivity contribution >= 4 is 17.6 Å². The number of carbonyl (C=O) groups is 2. The van der Waals surface area contributed by atoms with Gasteiger partial charge in [-0.2, -0.15) is 0 Å². The number of hydrogen-bond acceptors (Lipinski definition) is 4. The Morgan fingerprint density at radius 2 is 1.90 bits per heavy atom. The summed E-state index contributed by atoms with van der Waals surface area (Å²) in [5.41, 5.74) is 3.71. The maximum absolute atomic E-state index is 13.5. The Labute approximate surface area is 121 Å². The second-order valence-corrected chi connectivity index (χ2v) is 5.22. The van der Waals surface area contributed by atoms with E-state index in [-0.39, 0.29) is 0 Å². The van der Waals surface area contributed by atoms with Crippen molar-refractivity contribution in [2.24, 2.45) is 0 Å². The highest BCUT2D eigenvalue weighted by atomic mass is 19.1. The highest BCUT2D eigenvalue weighted by molar-refractivity contribution is 5.92. The number of carbonyl (C=O) groups excluding carboxylic acids is 2. The fraction of sp³-hybridized carbons (Fsp3) is 0.429. The highest BCUT2D eigenvalue weighted by Gasteiger charge is 2.21. The van der Waals surface area contributed by atoms with Gasteiger partial charge in [0.25, 0.3) is 5.91 Å². The van der Waals surface area contributed by atoms with Crippen LogP contribution in [0.4, 0.5) is 14.5 Å². The van der Waals surface area contributed by atoms with Crippen molar-refractivity contribution in [3.63, 3.8) is 0 Å². The van der Waals surface area contributed by atoms with Crippen LogP contribution in [0.2, 0.25) is 0 Å². The first-order chi connectivity index (χ1) is 9.66. The molecule has 0 aliphatic carbocycles. The van der Waals surface area contributed by atoms with E-state index in [1.54, 1.807) is 0 Å². The second-order valence-electron chi connectivity index (χ2n) is 5.22. The van der Waals surface area contributed by atoms with Crippen LogP contribution in [0.15, 0.2) is 12.1 Å². The molecule has 0 unspecified atom stereocenters. The number of hydrogen-bond donors (Lipinski definition) is 2. The summed E-state index contributed by atoms with van der Waals surface area (Å²) < 4.78 is 31.3. The van der Waals surface area contributed by atoms with Gasteiger partial charge in [-0.1, -0.05) is 6.92 Å². The van der Waals surface area contributed by atoms with E-state index in [0.717, 1.165) is 0 Å². The van der Waals surface area contributed by atoms with Gasteiger partial charge in [-0.3, -0.25) is 4.79 Å². The molecule has 0 saturated heterocycles. The molecule has 3 N–H and O–H groups in total. The Kier molecular flexibility index (Phi) is 5.23. The molecule has 7 heteroatoms. The molecule has 0 saturated carbocycles. The van der Waals surface area contributed by atoms with E-state index in [1.807, 2.05) is 20.8 Å². The molecule has 0 bridgehead atoms. The first kappa shape index (κ1) is 16.9. The van der Waals surface area contributed by atoms with Crippen LogP contribution >= 0.6 is 0 Å². The summed E-state index contributed by atoms with van der Waals surface area (Å²) in [7, 11) is 0. The Morgan fingerprint density at radius 3 is 2.48 bits per heavy atom. The SMILES string of the molecule is CCC(C)(C)NC(=O)COC(=O)c1cc(F)c(N)cc1F. The molecule has 21 heavy (non-hydrogen) atoms. The van der Waals surface area contributed by atoms with Gasteiger partial charge in [0.2, 0.25) is 0 Å². The summed E-state index contributed by atoms with van der Waals surface area (Å²) in [6, 6.07) is 1.33. The third-order valence-corrected chi connectivity index (χ3v) is 3.00. The van der Waals surface area contributed by atoms with Crippen molar-refractivity contribution in [2.45, 2.75) is 32.7 Å². The van der Waals surface area contributed by atoms with Crippen LogP contribution < -0.4 is 11.1 Å². The van der Waals surface area contributed by atoms with Gasteiger partial charge in [-0.15, -0.1) is 0 Å². The molecule has 0 aromatic heterocycles. The monoisotopic (exact) mass is 300 g/mol. The standard InChI is InChI=1S/C14H18F2N2O3/c1-4-14(2,3)18-12(19)7-21-13(20)8-5-10(16)11(17)6-9(8)15/h5-6H,4,7,17H2,1-3H3,(H,18,19). The second kappa shape index (κ2) is 6.51. The van der Waals surface area contributed by atoms with E-state index >= 15 is 0 Å². The largest absolute Gasteiger partial charge is 0.452 e. The minimum absolute atomic E-state index is 0.411. The first-order valence-corrected chi connectivity index (χ1v) is 6.39. The number of nitrogens with two attached hydrogens (primary N) is 1. The lowest BCUT2D eigenvalue weighted by Gasteiger charge is -2.24. The highest BCUT2D eigenvalue weighted by Crippen LogP contribution is 2.17. The zero-order valence-electron chi connectivity index (χ0n) is 12.1. The van der Waals surface area contributed by atoms with Gasteiger partial charge in [-0.05, 0) is 26.3 Å². The van der Waals surface area contributed by atoms with Crippen molar-refractivity contribution in [3.8, 4) is 0 Å². The molecule has 0 fully saturated rings. The summed E-state index contributed by atoms with van der Waals surface area (Å²) in [6.45, 7) is 4.93. The zero-order chi connectivity index (χ0) is 16.2. The normalized spacial score (nSPS) is 11.1. The summed E-state index contributed by atoms with van der Waals surface area (Å²) >= 11 is 0. The number of nitrogen functional groups attached to an aromatic ring is 1. The van der Waals surface area contributed by atoms with Crippen LogP contribution in [0, 0.1) is 11.6 Å². The van der Waals surface area contributed by atoms with E-state index in [0.29, 0.717) is 18.6 Å².